The number of ether oxygens (including phenoxy) is 1. The zero-order valence-corrected chi connectivity index (χ0v) is 17.2. The number of nitrogens with one attached hydrogen (secondary N) is 1. The van der Waals surface area contributed by atoms with Gasteiger partial charge in [-0.05, 0) is 61.9 Å². The van der Waals surface area contributed by atoms with Gasteiger partial charge in [0.2, 0.25) is 0 Å². The Morgan fingerprint density at radius 3 is 2.57 bits per heavy atom. The molecule has 30 heavy (non-hydrogen) atoms. The Balaban J connectivity index is 1.74. The number of carbonyl (C=O) groups excluding carboxylic acids is 1. The highest BCUT2D eigenvalue weighted by Crippen LogP contribution is 2.39. The first-order chi connectivity index (χ1) is 14.3. The molecule has 0 aromatic heterocycles. The number of carbonyl (C=O) groups is 1. The van der Waals surface area contributed by atoms with Crippen LogP contribution in [0.25, 0.3) is 0 Å². The van der Waals surface area contributed by atoms with Gasteiger partial charge in [-0.2, -0.15) is 0 Å². The summed E-state index contributed by atoms with van der Waals surface area (Å²) in [7, 11) is -4.05. The number of hydrogen-bond donors (Lipinski definition) is 1. The predicted octanol–water partition coefficient (Wildman–Crippen LogP) is 4.71. The lowest BCUT2D eigenvalue weighted by atomic mass is 10.1. The largest absolute Gasteiger partial charge is 0.454 e. The Labute approximate surface area is 174 Å². The van der Waals surface area contributed by atoms with E-state index in [9.17, 15) is 17.6 Å². The van der Waals surface area contributed by atoms with Crippen LogP contribution in [0, 0.1) is 12.7 Å². The summed E-state index contributed by atoms with van der Waals surface area (Å²) in [5.74, 6) is -0.0910. The minimum atomic E-state index is -4.05. The van der Waals surface area contributed by atoms with Gasteiger partial charge in [0.1, 0.15) is 11.6 Å². The molecule has 0 aliphatic carbocycles. The summed E-state index contributed by atoms with van der Waals surface area (Å²) >= 11 is 0. The van der Waals surface area contributed by atoms with Gasteiger partial charge in [0.05, 0.1) is 16.1 Å². The number of hydrogen-bond acceptors (Lipinski definition) is 4. The van der Waals surface area contributed by atoms with Crippen LogP contribution in [0.5, 0.6) is 11.5 Å². The van der Waals surface area contributed by atoms with Crippen molar-refractivity contribution in [1.29, 1.82) is 0 Å². The fourth-order valence-corrected chi connectivity index (χ4v) is 4.68. The average Bonchev–Trinajstić information content (AvgIpc) is 2.83. The maximum Gasteiger partial charge on any atom is 0.262 e. The summed E-state index contributed by atoms with van der Waals surface area (Å²) in [4.78, 5) is 14.5. The summed E-state index contributed by atoms with van der Waals surface area (Å²) in [6, 6.07) is 15.2. The molecule has 0 radical (unpaired) electrons. The van der Waals surface area contributed by atoms with Crippen molar-refractivity contribution < 1.29 is 22.3 Å². The molecule has 154 valence electrons. The number of nitrogens with zero attached hydrogens (tertiary/aromatic N) is 1. The SMILES string of the molecule is CCN1C(=O)c2cc(NS(=O)(=O)c3cc(F)ccc3C)ccc2Oc2ccccc21. The van der Waals surface area contributed by atoms with E-state index in [0.717, 1.165) is 6.07 Å². The molecule has 1 aliphatic rings. The van der Waals surface area contributed by atoms with Crippen molar-refractivity contribution in [2.75, 3.05) is 16.2 Å². The first-order valence-electron chi connectivity index (χ1n) is 9.32. The number of sulfonamides is 1. The lowest BCUT2D eigenvalue weighted by molar-refractivity contribution is 0.0988. The van der Waals surface area contributed by atoms with Gasteiger partial charge in [-0.1, -0.05) is 18.2 Å². The first kappa shape index (κ1) is 19.9. The Morgan fingerprint density at radius 1 is 1.03 bits per heavy atom. The number of rotatable bonds is 4. The van der Waals surface area contributed by atoms with Crippen molar-refractivity contribution in [2.24, 2.45) is 0 Å². The molecule has 1 N–H and O–H groups in total. The number of amides is 1. The zero-order valence-electron chi connectivity index (χ0n) is 16.3. The van der Waals surface area contributed by atoms with Gasteiger partial charge in [0, 0.05) is 12.2 Å². The van der Waals surface area contributed by atoms with Crippen molar-refractivity contribution >= 4 is 27.3 Å². The van der Waals surface area contributed by atoms with Crippen LogP contribution >= 0.6 is 0 Å². The highest BCUT2D eigenvalue weighted by atomic mass is 32.2. The molecule has 0 unspecified atom stereocenters. The van der Waals surface area contributed by atoms with Crippen LogP contribution in [-0.4, -0.2) is 20.9 Å². The summed E-state index contributed by atoms with van der Waals surface area (Å²) in [6.45, 7) is 3.84. The molecule has 3 aromatic carbocycles. The van der Waals surface area contributed by atoms with Crippen molar-refractivity contribution in [3.05, 3.63) is 77.6 Å². The Kier molecular flexibility index (Phi) is 4.95. The van der Waals surface area contributed by atoms with Crippen LogP contribution in [-0.2, 0) is 10.0 Å². The van der Waals surface area contributed by atoms with E-state index in [1.807, 2.05) is 19.1 Å². The van der Waals surface area contributed by atoms with Crippen molar-refractivity contribution in [1.82, 2.24) is 0 Å². The van der Waals surface area contributed by atoms with Gasteiger partial charge in [0.25, 0.3) is 15.9 Å². The van der Waals surface area contributed by atoms with E-state index in [2.05, 4.69) is 4.72 Å². The molecule has 4 rings (SSSR count). The molecule has 8 heteroatoms. The number of aryl methyl sites for hydroxylation is 1. The van der Waals surface area contributed by atoms with Crippen LogP contribution in [0.15, 0.2) is 65.6 Å². The van der Waals surface area contributed by atoms with Gasteiger partial charge in [-0.25, -0.2) is 12.8 Å². The normalized spacial score (nSPS) is 13.2. The average molecular weight is 426 g/mol. The van der Waals surface area contributed by atoms with E-state index in [1.165, 1.54) is 24.3 Å². The molecular formula is C22H19FN2O4S. The molecular weight excluding hydrogens is 407 g/mol. The number of anilines is 2. The summed E-state index contributed by atoms with van der Waals surface area (Å²) in [5, 5.41) is 0. The highest BCUT2D eigenvalue weighted by Gasteiger charge is 2.28. The molecule has 1 amide bonds. The second-order valence-electron chi connectivity index (χ2n) is 6.85. The number of para-hydroxylation sites is 2. The highest BCUT2D eigenvalue weighted by molar-refractivity contribution is 7.92. The smallest absolute Gasteiger partial charge is 0.262 e. The fourth-order valence-electron chi connectivity index (χ4n) is 3.38. The minimum Gasteiger partial charge on any atom is -0.454 e. The van der Waals surface area contributed by atoms with Gasteiger partial charge in [0.15, 0.2) is 5.75 Å². The van der Waals surface area contributed by atoms with Gasteiger partial charge in [-0.15, -0.1) is 0 Å². The lowest BCUT2D eigenvalue weighted by Crippen LogP contribution is -2.29. The lowest BCUT2D eigenvalue weighted by Gasteiger charge is -2.20. The van der Waals surface area contributed by atoms with Crippen molar-refractivity contribution in [3.8, 4) is 11.5 Å². The molecule has 0 saturated heterocycles. The molecule has 0 spiro atoms. The van der Waals surface area contributed by atoms with Crippen LogP contribution in [0.4, 0.5) is 15.8 Å². The van der Waals surface area contributed by atoms with E-state index in [4.69, 9.17) is 4.74 Å². The Hall–Kier alpha value is -3.39. The third-order valence-electron chi connectivity index (χ3n) is 4.84. The zero-order chi connectivity index (χ0) is 21.5. The van der Waals surface area contributed by atoms with Gasteiger partial charge >= 0.3 is 0 Å². The summed E-state index contributed by atoms with van der Waals surface area (Å²) in [6.07, 6.45) is 0. The summed E-state index contributed by atoms with van der Waals surface area (Å²) < 4.78 is 47.5. The van der Waals surface area contributed by atoms with E-state index < -0.39 is 15.8 Å². The van der Waals surface area contributed by atoms with E-state index in [-0.39, 0.29) is 22.1 Å². The monoisotopic (exact) mass is 426 g/mol. The third-order valence-corrected chi connectivity index (χ3v) is 6.36. The first-order valence-corrected chi connectivity index (χ1v) is 10.8. The Morgan fingerprint density at radius 2 is 1.80 bits per heavy atom. The molecule has 0 fully saturated rings. The summed E-state index contributed by atoms with van der Waals surface area (Å²) in [5.41, 5.74) is 1.45. The quantitative estimate of drug-likeness (QED) is 0.656. The van der Waals surface area contributed by atoms with Crippen LogP contribution in [0.2, 0.25) is 0 Å². The molecule has 0 saturated carbocycles. The van der Waals surface area contributed by atoms with E-state index in [0.29, 0.717) is 29.3 Å². The maximum atomic E-state index is 13.6. The molecule has 6 nitrogen and oxygen atoms in total. The second-order valence-corrected chi connectivity index (χ2v) is 8.50. The van der Waals surface area contributed by atoms with Gasteiger partial charge < -0.3 is 9.64 Å². The second kappa shape index (κ2) is 7.46. The maximum absolute atomic E-state index is 13.6. The predicted molar refractivity (Wildman–Crippen MR) is 112 cm³/mol. The van der Waals surface area contributed by atoms with E-state index >= 15 is 0 Å². The molecule has 3 aromatic rings. The van der Waals surface area contributed by atoms with Crippen LogP contribution < -0.4 is 14.4 Å². The standard InChI is InChI=1S/C22H19FN2O4S/c1-3-25-18-6-4-5-7-20(18)29-19-11-10-16(13-17(19)22(25)26)24-30(27,28)21-12-15(23)9-8-14(21)2/h4-13,24H,3H2,1-2H3. The van der Waals surface area contributed by atoms with Crippen molar-refractivity contribution in [3.63, 3.8) is 0 Å². The van der Waals surface area contributed by atoms with Gasteiger partial charge in [-0.3, -0.25) is 9.52 Å². The molecule has 1 heterocycles. The number of fused-ring (bicyclic) bond motifs is 2. The fraction of sp³-hybridized carbons (Fsp3) is 0.136. The third kappa shape index (κ3) is 3.50. The minimum absolute atomic E-state index is 0.164. The molecule has 1 aliphatic heterocycles. The number of halogens is 1. The molecule has 0 atom stereocenters. The van der Waals surface area contributed by atoms with Crippen LogP contribution in [0.1, 0.15) is 22.8 Å². The Bertz CT molecular complexity index is 1260. The number of benzene rings is 3. The topological polar surface area (TPSA) is 75.7 Å². The van der Waals surface area contributed by atoms with Crippen molar-refractivity contribution in [2.45, 2.75) is 18.7 Å². The van der Waals surface area contributed by atoms with E-state index in [1.54, 1.807) is 30.0 Å². The molecule has 0 bridgehead atoms. The van der Waals surface area contributed by atoms with Crippen LogP contribution in [0.3, 0.4) is 0 Å².